The lowest BCUT2D eigenvalue weighted by atomic mass is 10.0. The molecule has 1 atom stereocenters. The number of halogens is 5. The molecule has 194 valence electrons. The van der Waals surface area contributed by atoms with Gasteiger partial charge in [-0.1, -0.05) is 42.3 Å². The van der Waals surface area contributed by atoms with Gasteiger partial charge in [-0.05, 0) is 31.2 Å². The van der Waals surface area contributed by atoms with Crippen LogP contribution in [-0.4, -0.2) is 51.4 Å². The molecule has 1 aliphatic rings. The van der Waals surface area contributed by atoms with Gasteiger partial charge in [0.1, 0.15) is 23.1 Å². The molecule has 2 aromatic heterocycles. The van der Waals surface area contributed by atoms with Crippen molar-refractivity contribution in [2.75, 3.05) is 30.8 Å². The molecule has 0 amide bonds. The molecule has 5 nitrogen and oxygen atoms in total. The van der Waals surface area contributed by atoms with Crippen molar-refractivity contribution in [3.63, 3.8) is 0 Å². The van der Waals surface area contributed by atoms with Gasteiger partial charge in [0.15, 0.2) is 0 Å². The third-order valence-corrected chi connectivity index (χ3v) is 7.66. The summed E-state index contributed by atoms with van der Waals surface area (Å²) in [5, 5.41) is 7.21. The Balaban J connectivity index is 1.46. The van der Waals surface area contributed by atoms with Crippen molar-refractivity contribution >= 4 is 28.7 Å². The van der Waals surface area contributed by atoms with Crippen LogP contribution in [-0.2, 0) is 12.6 Å². The molecule has 1 saturated heterocycles. The fraction of sp³-hybridized carbons (Fsp3) is 0.308. The van der Waals surface area contributed by atoms with Crippen LogP contribution in [0.15, 0.2) is 48.7 Å². The Labute approximate surface area is 214 Å². The fourth-order valence-electron chi connectivity index (χ4n) is 4.77. The Hall–Kier alpha value is -3.18. The Bertz CT molecular complexity index is 1420. The smallest absolute Gasteiger partial charge is 0.354 e. The quantitative estimate of drug-likeness (QED) is 0.243. The lowest BCUT2D eigenvalue weighted by Gasteiger charge is -2.40. The maximum absolute atomic E-state index is 14.9. The molecule has 5 rings (SSSR count). The van der Waals surface area contributed by atoms with Crippen molar-refractivity contribution in [1.82, 2.24) is 19.5 Å². The molecule has 3 heterocycles. The van der Waals surface area contributed by atoms with Gasteiger partial charge in [-0.2, -0.15) is 18.3 Å². The third kappa shape index (κ3) is 4.89. The summed E-state index contributed by atoms with van der Waals surface area (Å²) in [6, 6.07) is 12.7. The van der Waals surface area contributed by atoms with Crippen molar-refractivity contribution in [1.29, 1.82) is 0 Å². The van der Waals surface area contributed by atoms with E-state index in [0.717, 1.165) is 33.0 Å². The summed E-state index contributed by atoms with van der Waals surface area (Å²) >= 11 is 1.71. The number of rotatable bonds is 5. The Kier molecular flexibility index (Phi) is 6.84. The lowest BCUT2D eigenvalue weighted by molar-refractivity contribution is -0.140. The monoisotopic (exact) mass is 533 g/mol. The zero-order chi connectivity index (χ0) is 26.3. The van der Waals surface area contributed by atoms with Crippen LogP contribution in [0.4, 0.5) is 27.8 Å². The summed E-state index contributed by atoms with van der Waals surface area (Å²) in [5.41, 5.74) is -0.968. The van der Waals surface area contributed by atoms with E-state index >= 15 is 0 Å². The van der Waals surface area contributed by atoms with E-state index in [2.05, 4.69) is 42.8 Å². The van der Waals surface area contributed by atoms with Gasteiger partial charge in [-0.25, -0.2) is 18.1 Å². The topological polar surface area (TPSA) is 48.0 Å². The van der Waals surface area contributed by atoms with Gasteiger partial charge in [-0.3, -0.25) is 5.10 Å². The predicted octanol–water partition coefficient (Wildman–Crippen LogP) is 6.24. The maximum Gasteiger partial charge on any atom is 0.419 e. The van der Waals surface area contributed by atoms with E-state index in [1.54, 1.807) is 18.0 Å². The first-order valence-corrected chi connectivity index (χ1v) is 12.9. The number of anilines is 1. The number of aromatic amines is 1. The predicted molar refractivity (Wildman–Crippen MR) is 135 cm³/mol. The molecule has 0 bridgehead atoms. The van der Waals surface area contributed by atoms with Crippen molar-refractivity contribution in [2.45, 2.75) is 25.6 Å². The van der Waals surface area contributed by atoms with Gasteiger partial charge < -0.3 is 4.90 Å². The molecule has 0 aliphatic carbocycles. The summed E-state index contributed by atoms with van der Waals surface area (Å²) in [7, 11) is 0. The molecule has 11 heteroatoms. The molecular weight excluding hydrogens is 509 g/mol. The van der Waals surface area contributed by atoms with Crippen LogP contribution in [0.3, 0.4) is 0 Å². The number of nitrogens with zero attached hydrogens (tertiary/aromatic N) is 4. The Morgan fingerprint density at radius 2 is 1.84 bits per heavy atom. The average Bonchev–Trinajstić information content (AvgIpc) is 3.30. The summed E-state index contributed by atoms with van der Waals surface area (Å²) < 4.78 is 71.5. The highest BCUT2D eigenvalue weighted by atomic mass is 32.2. The number of fused-ring (bicyclic) bond motifs is 1. The van der Waals surface area contributed by atoms with Gasteiger partial charge in [-0.15, -0.1) is 0 Å². The van der Waals surface area contributed by atoms with Crippen LogP contribution in [0, 0.1) is 18.6 Å². The molecular formula is C26H24F5N5S. The van der Waals surface area contributed by atoms with E-state index in [1.165, 1.54) is 11.8 Å². The third-order valence-electron chi connectivity index (χ3n) is 6.71. The van der Waals surface area contributed by atoms with E-state index in [1.807, 2.05) is 18.2 Å². The normalized spacial score (nSPS) is 17.1. The largest absolute Gasteiger partial charge is 0.419 e. The molecule has 4 aromatic rings. The molecule has 1 fully saturated rings. The van der Waals surface area contributed by atoms with Crippen LogP contribution >= 0.6 is 11.9 Å². The minimum Gasteiger partial charge on any atom is -0.354 e. The highest BCUT2D eigenvalue weighted by molar-refractivity contribution is 7.96. The number of alkyl halides is 3. The zero-order valence-corrected chi connectivity index (χ0v) is 20.9. The second-order valence-corrected chi connectivity index (χ2v) is 9.83. The van der Waals surface area contributed by atoms with Crippen LogP contribution in [0.25, 0.3) is 22.2 Å². The first-order valence-electron chi connectivity index (χ1n) is 11.7. The summed E-state index contributed by atoms with van der Waals surface area (Å²) in [4.78, 5) is 6.70. The highest BCUT2D eigenvalue weighted by Gasteiger charge is 2.37. The van der Waals surface area contributed by atoms with Crippen LogP contribution in [0.5, 0.6) is 0 Å². The minimum absolute atomic E-state index is 0.0469. The second-order valence-electron chi connectivity index (χ2n) is 9.00. The van der Waals surface area contributed by atoms with Gasteiger partial charge in [0, 0.05) is 54.5 Å². The van der Waals surface area contributed by atoms with Crippen LogP contribution < -0.4 is 4.90 Å². The number of hydrogen-bond donors (Lipinski definition) is 1. The van der Waals surface area contributed by atoms with Gasteiger partial charge in [0.2, 0.25) is 0 Å². The van der Waals surface area contributed by atoms with Crippen LogP contribution in [0.1, 0.15) is 16.7 Å². The van der Waals surface area contributed by atoms with E-state index in [9.17, 15) is 22.0 Å². The Morgan fingerprint density at radius 1 is 1.08 bits per heavy atom. The number of aromatic nitrogens is 3. The summed E-state index contributed by atoms with van der Waals surface area (Å²) in [6.07, 6.45) is -0.560. The molecule has 1 N–H and O–H groups in total. The number of benzene rings is 2. The molecule has 0 radical (unpaired) electrons. The number of pyridine rings is 1. The van der Waals surface area contributed by atoms with Gasteiger partial charge >= 0.3 is 6.18 Å². The van der Waals surface area contributed by atoms with Crippen molar-refractivity contribution in [3.05, 3.63) is 77.0 Å². The summed E-state index contributed by atoms with van der Waals surface area (Å²) in [5.74, 6) is -2.02. The second kappa shape index (κ2) is 9.94. The molecule has 2 aromatic carbocycles. The first kappa shape index (κ1) is 25.5. The van der Waals surface area contributed by atoms with E-state index in [4.69, 9.17) is 0 Å². The molecule has 1 aliphatic heterocycles. The van der Waals surface area contributed by atoms with E-state index < -0.39 is 34.5 Å². The lowest BCUT2D eigenvalue weighted by Crippen LogP contribution is -2.51. The zero-order valence-electron chi connectivity index (χ0n) is 20.1. The number of H-pyrrole nitrogens is 1. The average molecular weight is 534 g/mol. The minimum atomic E-state index is -4.97. The molecule has 1 unspecified atom stereocenters. The molecule has 37 heavy (non-hydrogen) atoms. The van der Waals surface area contributed by atoms with Gasteiger partial charge in [0.25, 0.3) is 0 Å². The number of piperazine rings is 1. The van der Waals surface area contributed by atoms with Gasteiger partial charge in [0.05, 0.1) is 11.1 Å². The Morgan fingerprint density at radius 3 is 2.54 bits per heavy atom. The number of hydrogen-bond acceptors (Lipinski definition) is 5. The highest BCUT2D eigenvalue weighted by Crippen LogP contribution is 2.39. The summed E-state index contributed by atoms with van der Waals surface area (Å²) in [6.45, 7) is 3.28. The number of nitrogens with one attached hydrogen (secondary N) is 1. The van der Waals surface area contributed by atoms with Crippen molar-refractivity contribution < 1.29 is 22.0 Å². The molecule has 0 spiro atoms. The first-order chi connectivity index (χ1) is 17.7. The van der Waals surface area contributed by atoms with Crippen LogP contribution in [0.2, 0.25) is 0 Å². The SMILES string of the molecule is CSN1CCN(c2cc3[nH]nc(-c4cc(C(F)(F)F)c(F)c(C)c4F)c3cn2)CC1Cc1ccccc1. The van der Waals surface area contributed by atoms with E-state index in [-0.39, 0.29) is 11.7 Å². The molecule has 0 saturated carbocycles. The van der Waals surface area contributed by atoms with Crippen molar-refractivity contribution in [2.24, 2.45) is 0 Å². The standard InChI is InChI=1S/C26H24F5N5S/c1-15-23(27)18(11-20(24(15)28)26(29,30)31)25-19-13-32-22(12-21(19)33-34-25)35-8-9-36(37-2)17(14-35)10-16-6-4-3-5-7-16/h3-7,11-13,17H,8-10,14H2,1-2H3,(H,33,34). The fourth-order valence-corrected chi connectivity index (χ4v) is 5.47. The van der Waals surface area contributed by atoms with Crippen molar-refractivity contribution in [3.8, 4) is 11.3 Å². The maximum atomic E-state index is 14.9. The van der Waals surface area contributed by atoms with E-state index in [0.29, 0.717) is 22.8 Å².